The van der Waals surface area contributed by atoms with Gasteiger partial charge in [0.25, 0.3) is 0 Å². The largest absolute Gasteiger partial charge is 0.480 e. The molecule has 1 atom stereocenters. The summed E-state index contributed by atoms with van der Waals surface area (Å²) in [7, 11) is 0. The topological polar surface area (TPSA) is 57.6 Å². The highest BCUT2D eigenvalue weighted by Gasteiger charge is 2.53. The van der Waals surface area contributed by atoms with Gasteiger partial charge in [-0.15, -0.1) is 0 Å². The summed E-state index contributed by atoms with van der Waals surface area (Å²) in [4.78, 5) is 25.4. The van der Waals surface area contributed by atoms with E-state index in [1.54, 1.807) is 0 Å². The molecule has 1 heterocycles. The van der Waals surface area contributed by atoms with Crippen LogP contribution < -0.4 is 0 Å². The van der Waals surface area contributed by atoms with E-state index >= 15 is 0 Å². The Kier molecular flexibility index (Phi) is 4.85. The number of ketones is 1. The van der Waals surface area contributed by atoms with Crippen molar-refractivity contribution in [3.63, 3.8) is 0 Å². The summed E-state index contributed by atoms with van der Waals surface area (Å²) < 4.78 is 0. The fourth-order valence-electron chi connectivity index (χ4n) is 2.85. The van der Waals surface area contributed by atoms with Gasteiger partial charge in [0.15, 0.2) is 5.54 Å². The summed E-state index contributed by atoms with van der Waals surface area (Å²) in [6.07, 6.45) is 2.06. The Balaban J connectivity index is 3.06. The highest BCUT2D eigenvalue weighted by Crippen LogP contribution is 2.38. The summed E-state index contributed by atoms with van der Waals surface area (Å²) >= 11 is 5.39. The highest BCUT2D eigenvalue weighted by atomic mass is 32.1. The normalized spacial score (nSPS) is 24.4. The van der Waals surface area contributed by atoms with E-state index in [2.05, 4.69) is 0 Å². The summed E-state index contributed by atoms with van der Waals surface area (Å²) in [5.74, 6) is -0.836. The number of likely N-dealkylation sites (tertiary alicyclic amines) is 1. The minimum atomic E-state index is -1.08. The number of Topliss-reactive ketones (excluding diaryl/α,β-unsaturated/α-hetero) is 1. The van der Waals surface area contributed by atoms with E-state index in [4.69, 9.17) is 12.2 Å². The predicted octanol–water partition coefficient (Wildman–Crippen LogP) is 2.44. The second kappa shape index (κ2) is 5.67. The molecule has 1 fully saturated rings. The molecule has 1 saturated heterocycles. The first-order valence-electron chi connectivity index (χ1n) is 6.66. The summed E-state index contributed by atoms with van der Waals surface area (Å²) in [6, 6.07) is 0. The number of nitrogens with zero attached hydrogens (tertiary/aromatic N) is 1. The minimum absolute atomic E-state index is 0.0446. The van der Waals surface area contributed by atoms with Crippen molar-refractivity contribution in [1.82, 2.24) is 4.90 Å². The lowest BCUT2D eigenvalue weighted by Crippen LogP contribution is -2.61. The fraction of sp³-hybridized carbons (Fsp3) is 0.786. The lowest BCUT2D eigenvalue weighted by atomic mass is 9.86. The van der Waals surface area contributed by atoms with Crippen LogP contribution in [0.5, 0.6) is 0 Å². The average molecular weight is 285 g/mol. The zero-order valence-electron chi connectivity index (χ0n) is 12.2. The third-order valence-corrected chi connectivity index (χ3v) is 4.25. The van der Waals surface area contributed by atoms with Gasteiger partial charge in [-0.3, -0.25) is 4.90 Å². The van der Waals surface area contributed by atoms with Crippen LogP contribution in [0.2, 0.25) is 0 Å². The molecular formula is C14H23NO3S. The van der Waals surface area contributed by atoms with Crippen LogP contribution in [0.15, 0.2) is 0 Å². The molecule has 108 valence electrons. The molecule has 0 saturated carbocycles. The van der Waals surface area contributed by atoms with E-state index in [1.807, 2.05) is 25.7 Å². The molecule has 4 nitrogen and oxygen atoms in total. The van der Waals surface area contributed by atoms with Crippen LogP contribution in [-0.2, 0) is 9.59 Å². The smallest absolute Gasteiger partial charge is 0.329 e. The van der Waals surface area contributed by atoms with Crippen LogP contribution in [0, 0.1) is 0 Å². The number of carbonyl (C=O) groups excluding carboxylic acids is 1. The van der Waals surface area contributed by atoms with Crippen LogP contribution >= 0.6 is 12.2 Å². The maximum Gasteiger partial charge on any atom is 0.329 e. The Morgan fingerprint density at radius 1 is 1.32 bits per heavy atom. The number of carboxylic acids is 1. The van der Waals surface area contributed by atoms with Crippen LogP contribution in [0.4, 0.5) is 0 Å². The minimum Gasteiger partial charge on any atom is -0.480 e. The Hall–Kier alpha value is -0.810. The van der Waals surface area contributed by atoms with Gasteiger partial charge in [-0.2, -0.15) is 0 Å². The lowest BCUT2D eigenvalue weighted by molar-refractivity contribution is -0.147. The van der Waals surface area contributed by atoms with Crippen LogP contribution in [0.1, 0.15) is 53.4 Å². The van der Waals surface area contributed by atoms with E-state index in [1.165, 1.54) is 6.92 Å². The van der Waals surface area contributed by atoms with Gasteiger partial charge in [0.05, 0.1) is 0 Å². The van der Waals surface area contributed by atoms with Crippen molar-refractivity contribution in [2.75, 3.05) is 6.54 Å². The molecule has 0 aliphatic carbocycles. The summed E-state index contributed by atoms with van der Waals surface area (Å²) in [5.41, 5.74) is -1.34. The number of rotatable bonds is 5. The maximum absolute atomic E-state index is 11.9. The van der Waals surface area contributed by atoms with Crippen molar-refractivity contribution in [2.45, 2.75) is 64.5 Å². The molecule has 0 bridgehead atoms. The molecule has 0 unspecified atom stereocenters. The second-order valence-corrected chi connectivity index (χ2v) is 6.71. The number of carbonyl (C=O) groups is 2. The van der Waals surface area contributed by atoms with Gasteiger partial charge in [0, 0.05) is 23.4 Å². The quantitative estimate of drug-likeness (QED) is 0.786. The first-order valence-corrected chi connectivity index (χ1v) is 7.07. The Morgan fingerprint density at radius 2 is 1.89 bits per heavy atom. The van der Waals surface area contributed by atoms with Gasteiger partial charge >= 0.3 is 5.97 Å². The van der Waals surface area contributed by atoms with Crippen LogP contribution in [0.25, 0.3) is 0 Å². The molecule has 0 aromatic heterocycles. The van der Waals surface area contributed by atoms with E-state index in [0.717, 1.165) is 13.0 Å². The first-order chi connectivity index (χ1) is 8.62. The molecule has 1 aliphatic heterocycles. The number of carboxylic acid groups (broad SMARTS) is 1. The molecule has 1 rings (SSSR count). The molecule has 0 amide bonds. The zero-order valence-corrected chi connectivity index (χ0v) is 13.0. The van der Waals surface area contributed by atoms with Crippen molar-refractivity contribution < 1.29 is 14.7 Å². The van der Waals surface area contributed by atoms with Crippen molar-refractivity contribution in [3.8, 4) is 0 Å². The Morgan fingerprint density at radius 3 is 2.32 bits per heavy atom. The van der Waals surface area contributed by atoms with E-state index in [0.29, 0.717) is 24.1 Å². The molecule has 19 heavy (non-hydrogen) atoms. The monoisotopic (exact) mass is 285 g/mol. The Labute approximate surface area is 120 Å². The van der Waals surface area contributed by atoms with Crippen LogP contribution in [-0.4, -0.2) is 44.2 Å². The van der Waals surface area contributed by atoms with Gasteiger partial charge in [0.1, 0.15) is 5.78 Å². The number of hydrogen-bond acceptors (Lipinski definition) is 4. The average Bonchev–Trinajstić information content (AvgIpc) is 2.70. The number of thiocarbonyl (C=S) groups is 1. The molecule has 0 spiro atoms. The molecule has 0 radical (unpaired) electrons. The molecular weight excluding hydrogens is 262 g/mol. The van der Waals surface area contributed by atoms with Gasteiger partial charge in [-0.25, -0.2) is 4.79 Å². The van der Waals surface area contributed by atoms with Gasteiger partial charge in [0.2, 0.25) is 0 Å². The highest BCUT2D eigenvalue weighted by molar-refractivity contribution is 7.80. The predicted molar refractivity (Wildman–Crippen MR) is 78.6 cm³/mol. The van der Waals surface area contributed by atoms with Crippen molar-refractivity contribution >= 4 is 28.8 Å². The molecule has 0 aromatic carbocycles. The van der Waals surface area contributed by atoms with E-state index in [-0.39, 0.29) is 11.3 Å². The summed E-state index contributed by atoms with van der Waals surface area (Å²) in [6.45, 7) is 8.25. The lowest BCUT2D eigenvalue weighted by Gasteiger charge is -2.43. The SMILES string of the molecule is CC(=O)CCC(=S)[C@@]1(C(=O)O)CCCN1C(C)(C)C. The standard InChI is InChI=1S/C14H23NO3S/c1-10(16)6-7-11(19)14(12(17)18)8-5-9-15(14)13(2,3)4/h5-9H2,1-4H3,(H,17,18)/t14-/m1/s1. The van der Waals surface area contributed by atoms with Gasteiger partial charge < -0.3 is 9.90 Å². The van der Waals surface area contributed by atoms with Gasteiger partial charge in [-0.05, 0) is 47.0 Å². The van der Waals surface area contributed by atoms with Crippen molar-refractivity contribution in [1.29, 1.82) is 0 Å². The first kappa shape index (κ1) is 16.2. The molecule has 0 aromatic rings. The molecule has 5 heteroatoms. The summed E-state index contributed by atoms with van der Waals surface area (Å²) in [5, 5.41) is 9.72. The fourth-order valence-corrected chi connectivity index (χ4v) is 3.26. The van der Waals surface area contributed by atoms with Crippen LogP contribution in [0.3, 0.4) is 0 Å². The maximum atomic E-state index is 11.9. The second-order valence-electron chi connectivity index (χ2n) is 6.22. The Bertz CT molecular complexity index is 400. The van der Waals surface area contributed by atoms with Gasteiger partial charge in [-0.1, -0.05) is 12.2 Å². The number of aliphatic carboxylic acids is 1. The third-order valence-electron chi connectivity index (χ3n) is 3.71. The van der Waals surface area contributed by atoms with Crippen molar-refractivity contribution in [3.05, 3.63) is 0 Å². The number of hydrogen-bond donors (Lipinski definition) is 1. The third kappa shape index (κ3) is 3.20. The van der Waals surface area contributed by atoms with E-state index in [9.17, 15) is 14.7 Å². The molecule has 1 aliphatic rings. The molecule has 1 N–H and O–H groups in total. The van der Waals surface area contributed by atoms with Crippen molar-refractivity contribution in [2.24, 2.45) is 0 Å². The van der Waals surface area contributed by atoms with E-state index < -0.39 is 11.5 Å². The zero-order chi connectivity index (χ0) is 14.8.